The largest absolute Gasteiger partial charge is 0.476 e. The third-order valence-electron chi connectivity index (χ3n) is 3.16. The molecule has 0 aliphatic carbocycles. The molecule has 1 aliphatic heterocycles. The van der Waals surface area contributed by atoms with Crippen LogP contribution in [0.15, 0.2) is 24.3 Å². The molecule has 3 rings (SSSR count). The number of amides is 1. The van der Waals surface area contributed by atoms with E-state index in [4.69, 9.17) is 16.7 Å². The summed E-state index contributed by atoms with van der Waals surface area (Å²) in [6.07, 6.45) is 0.274. The lowest BCUT2D eigenvalue weighted by Crippen LogP contribution is -2.23. The van der Waals surface area contributed by atoms with E-state index in [2.05, 4.69) is 9.69 Å². The number of nitrogens with zero attached hydrogens (tertiary/aromatic N) is 1. The number of benzene rings is 1. The van der Waals surface area contributed by atoms with Crippen molar-refractivity contribution in [3.8, 4) is 0 Å². The van der Waals surface area contributed by atoms with Crippen molar-refractivity contribution in [2.24, 2.45) is 0 Å². The third-order valence-corrected chi connectivity index (χ3v) is 4.38. The number of hydrogen-bond donors (Lipinski definition) is 2. The van der Waals surface area contributed by atoms with Gasteiger partial charge in [-0.25, -0.2) is 4.79 Å². The van der Waals surface area contributed by atoms with Crippen molar-refractivity contribution < 1.29 is 14.7 Å². The summed E-state index contributed by atoms with van der Waals surface area (Å²) in [6, 6.07) is 7.19. The average Bonchev–Trinajstić information content (AvgIpc) is 2.82. The molecule has 5 nitrogen and oxygen atoms in total. The predicted molar refractivity (Wildman–Crippen MR) is 75.6 cm³/mol. The molecule has 1 aromatic carbocycles. The summed E-state index contributed by atoms with van der Waals surface area (Å²) < 4.78 is 3.93. The Morgan fingerprint density at radius 1 is 1.40 bits per heavy atom. The van der Waals surface area contributed by atoms with Gasteiger partial charge in [-0.3, -0.25) is 4.79 Å². The fourth-order valence-corrected chi connectivity index (χ4v) is 3.31. The Bertz CT molecular complexity index is 696. The highest BCUT2D eigenvalue weighted by atomic mass is 35.5. The molecule has 20 heavy (non-hydrogen) atoms. The minimum absolute atomic E-state index is 0.1000. The number of nitrogens with one attached hydrogen (secondary N) is 1. The summed E-state index contributed by atoms with van der Waals surface area (Å²) in [5, 5.41) is 12.3. The van der Waals surface area contributed by atoms with E-state index in [0.29, 0.717) is 10.7 Å². The molecule has 2 N–H and O–H groups in total. The molecule has 1 aromatic heterocycles. The van der Waals surface area contributed by atoms with E-state index < -0.39 is 5.97 Å². The lowest BCUT2D eigenvalue weighted by molar-refractivity contribution is -0.116. The number of anilines is 1. The number of carboxylic acid groups (broad SMARTS) is 1. The van der Waals surface area contributed by atoms with Gasteiger partial charge in [-0.2, -0.15) is 4.37 Å². The number of carboxylic acids is 1. The lowest BCUT2D eigenvalue weighted by Gasteiger charge is -2.22. The SMILES string of the molecule is O=C1CC(c2ccc(Cl)cc2)c2snc(C(=O)O)c2N1. The zero-order valence-corrected chi connectivity index (χ0v) is 11.7. The van der Waals surface area contributed by atoms with Crippen LogP contribution in [-0.4, -0.2) is 21.4 Å². The number of aromatic nitrogens is 1. The molecule has 2 aromatic rings. The van der Waals surface area contributed by atoms with Crippen LogP contribution < -0.4 is 5.32 Å². The highest BCUT2D eigenvalue weighted by molar-refractivity contribution is 7.06. The van der Waals surface area contributed by atoms with E-state index in [1.807, 2.05) is 12.1 Å². The van der Waals surface area contributed by atoms with Crippen LogP contribution in [0.5, 0.6) is 0 Å². The van der Waals surface area contributed by atoms with Gasteiger partial charge in [0.1, 0.15) is 0 Å². The second-order valence-corrected chi connectivity index (χ2v) is 5.67. The monoisotopic (exact) mass is 308 g/mol. The molecule has 0 saturated carbocycles. The van der Waals surface area contributed by atoms with E-state index in [-0.39, 0.29) is 23.9 Å². The van der Waals surface area contributed by atoms with Gasteiger partial charge >= 0.3 is 5.97 Å². The molecule has 0 saturated heterocycles. The molecular formula is C13H9ClN2O3S. The maximum Gasteiger partial charge on any atom is 0.357 e. The molecule has 0 radical (unpaired) electrons. The number of carbonyl (C=O) groups is 2. The summed E-state index contributed by atoms with van der Waals surface area (Å²) in [5.41, 5.74) is 1.14. The van der Waals surface area contributed by atoms with Gasteiger partial charge in [0.2, 0.25) is 5.91 Å². The Balaban J connectivity index is 2.09. The molecule has 1 unspecified atom stereocenters. The maximum absolute atomic E-state index is 11.8. The molecule has 1 aliphatic rings. The van der Waals surface area contributed by atoms with Crippen molar-refractivity contribution in [1.82, 2.24) is 4.37 Å². The van der Waals surface area contributed by atoms with Crippen LogP contribution in [0.4, 0.5) is 5.69 Å². The van der Waals surface area contributed by atoms with Crippen molar-refractivity contribution in [3.05, 3.63) is 45.4 Å². The number of hydrogen-bond acceptors (Lipinski definition) is 4. The first-order chi connectivity index (χ1) is 9.56. The Morgan fingerprint density at radius 3 is 2.75 bits per heavy atom. The van der Waals surface area contributed by atoms with Crippen molar-refractivity contribution in [3.63, 3.8) is 0 Å². The van der Waals surface area contributed by atoms with Gasteiger partial charge in [0.25, 0.3) is 0 Å². The van der Waals surface area contributed by atoms with Gasteiger partial charge < -0.3 is 10.4 Å². The lowest BCUT2D eigenvalue weighted by atomic mass is 9.90. The van der Waals surface area contributed by atoms with E-state index in [9.17, 15) is 9.59 Å². The van der Waals surface area contributed by atoms with Gasteiger partial charge in [-0.1, -0.05) is 23.7 Å². The number of aromatic carboxylic acids is 1. The molecule has 0 fully saturated rings. The zero-order chi connectivity index (χ0) is 14.3. The second kappa shape index (κ2) is 4.88. The molecule has 0 bridgehead atoms. The Kier molecular flexibility index (Phi) is 3.19. The Morgan fingerprint density at radius 2 is 2.10 bits per heavy atom. The molecule has 1 atom stereocenters. The van der Waals surface area contributed by atoms with Gasteiger partial charge in [-0.15, -0.1) is 0 Å². The summed E-state index contributed by atoms with van der Waals surface area (Å²) in [5.74, 6) is -1.53. The van der Waals surface area contributed by atoms with Crippen LogP contribution >= 0.6 is 23.1 Å². The van der Waals surface area contributed by atoms with E-state index in [1.165, 1.54) is 0 Å². The summed E-state index contributed by atoms with van der Waals surface area (Å²) in [4.78, 5) is 23.7. The third kappa shape index (κ3) is 2.17. The Hall–Kier alpha value is -1.92. The van der Waals surface area contributed by atoms with Crippen LogP contribution in [0.1, 0.15) is 33.3 Å². The summed E-state index contributed by atoms with van der Waals surface area (Å²) in [7, 11) is 0. The van der Waals surface area contributed by atoms with Gasteiger partial charge in [-0.05, 0) is 29.2 Å². The number of rotatable bonds is 2. The predicted octanol–water partition coefficient (Wildman–Crippen LogP) is 2.97. The molecule has 102 valence electrons. The van der Waals surface area contributed by atoms with Gasteiger partial charge in [0, 0.05) is 17.4 Å². The average molecular weight is 309 g/mol. The minimum Gasteiger partial charge on any atom is -0.476 e. The van der Waals surface area contributed by atoms with Crippen molar-refractivity contribution in [2.45, 2.75) is 12.3 Å². The smallest absolute Gasteiger partial charge is 0.357 e. The molecule has 7 heteroatoms. The number of halogens is 1. The van der Waals surface area contributed by atoms with Crippen molar-refractivity contribution in [2.75, 3.05) is 5.32 Å². The van der Waals surface area contributed by atoms with Crippen LogP contribution in [-0.2, 0) is 4.79 Å². The Labute approximate surface area is 123 Å². The normalized spacial score (nSPS) is 17.4. The number of fused-ring (bicyclic) bond motifs is 1. The van der Waals surface area contributed by atoms with Crippen molar-refractivity contribution in [1.29, 1.82) is 0 Å². The molecule has 2 heterocycles. The standard InChI is InChI=1S/C13H9ClN2O3S/c14-7-3-1-6(2-4-7)8-5-9(17)15-10-11(13(18)19)16-20-12(8)10/h1-4,8H,5H2,(H,15,17)(H,18,19). The summed E-state index contributed by atoms with van der Waals surface area (Å²) in [6.45, 7) is 0. The second-order valence-electron chi connectivity index (χ2n) is 4.43. The van der Waals surface area contributed by atoms with Gasteiger partial charge in [0.15, 0.2) is 5.69 Å². The number of carbonyl (C=O) groups excluding carboxylic acids is 1. The van der Waals surface area contributed by atoms with E-state index in [1.54, 1.807) is 12.1 Å². The van der Waals surface area contributed by atoms with Crippen LogP contribution in [0.3, 0.4) is 0 Å². The zero-order valence-electron chi connectivity index (χ0n) is 10.1. The first-order valence-corrected chi connectivity index (χ1v) is 6.99. The molecule has 0 spiro atoms. The fraction of sp³-hybridized carbons (Fsp3) is 0.154. The van der Waals surface area contributed by atoms with Crippen LogP contribution in [0.25, 0.3) is 0 Å². The van der Waals surface area contributed by atoms with Crippen LogP contribution in [0, 0.1) is 0 Å². The van der Waals surface area contributed by atoms with Crippen molar-refractivity contribution >= 4 is 40.7 Å². The first-order valence-electron chi connectivity index (χ1n) is 5.84. The molecular weight excluding hydrogens is 300 g/mol. The first kappa shape index (κ1) is 13.1. The fourth-order valence-electron chi connectivity index (χ4n) is 2.24. The minimum atomic E-state index is -1.14. The quantitative estimate of drug-likeness (QED) is 0.894. The highest BCUT2D eigenvalue weighted by Gasteiger charge is 2.32. The van der Waals surface area contributed by atoms with Gasteiger partial charge in [0.05, 0.1) is 10.6 Å². The maximum atomic E-state index is 11.8. The summed E-state index contributed by atoms with van der Waals surface area (Å²) >= 11 is 6.97. The topological polar surface area (TPSA) is 79.3 Å². The van der Waals surface area contributed by atoms with E-state index in [0.717, 1.165) is 22.0 Å². The highest BCUT2D eigenvalue weighted by Crippen LogP contribution is 2.41. The van der Waals surface area contributed by atoms with Crippen LogP contribution in [0.2, 0.25) is 5.02 Å². The van der Waals surface area contributed by atoms with E-state index >= 15 is 0 Å². The molecule has 1 amide bonds.